The summed E-state index contributed by atoms with van der Waals surface area (Å²) in [4.78, 5) is 34.6. The lowest BCUT2D eigenvalue weighted by atomic mass is 9.92. The second-order valence-corrected chi connectivity index (χ2v) is 10.3. The predicted octanol–water partition coefficient (Wildman–Crippen LogP) is 3.67. The van der Waals surface area contributed by atoms with Crippen molar-refractivity contribution in [3.63, 3.8) is 0 Å². The smallest absolute Gasteiger partial charge is 0.320 e. The number of carbonyl (C=O) groups is 1. The van der Waals surface area contributed by atoms with E-state index >= 15 is 0 Å². The van der Waals surface area contributed by atoms with Gasteiger partial charge in [0.25, 0.3) is 5.56 Å². The molecule has 1 aliphatic rings. The number of aryl methyl sites for hydroxylation is 1. The number of fused-ring (bicyclic) bond motifs is 1. The highest BCUT2D eigenvalue weighted by atomic mass is 19.1. The van der Waals surface area contributed by atoms with E-state index in [1.807, 2.05) is 20.8 Å². The van der Waals surface area contributed by atoms with Crippen LogP contribution in [-0.2, 0) is 12.5 Å². The summed E-state index contributed by atoms with van der Waals surface area (Å²) in [5.74, 6) is 0.344. The van der Waals surface area contributed by atoms with E-state index in [1.54, 1.807) is 44.6 Å². The summed E-state index contributed by atoms with van der Waals surface area (Å²) >= 11 is 0. The largest absolute Gasteiger partial charge is 0.357 e. The zero-order valence-electron chi connectivity index (χ0n) is 21.3. The van der Waals surface area contributed by atoms with Crippen molar-refractivity contribution >= 4 is 28.8 Å². The fraction of sp³-hybridized carbons (Fsp3) is 0.346. The summed E-state index contributed by atoms with van der Waals surface area (Å²) in [7, 11) is 3.40. The molecule has 3 N–H and O–H groups in total. The molecule has 3 heterocycles. The third-order valence-corrected chi connectivity index (χ3v) is 6.48. The number of hydrogen-bond donors (Lipinski definition) is 3. The van der Waals surface area contributed by atoms with Gasteiger partial charge in [0.15, 0.2) is 0 Å². The molecule has 1 fully saturated rings. The maximum Gasteiger partial charge on any atom is 0.320 e. The molecule has 3 aromatic heterocycles. The van der Waals surface area contributed by atoms with Crippen LogP contribution in [0.5, 0.6) is 0 Å². The number of pyridine rings is 1. The highest BCUT2D eigenvalue weighted by Gasteiger charge is 2.42. The Labute approximate surface area is 212 Å². The molecular weight excluding hydrogens is 475 g/mol. The number of anilines is 2. The number of rotatable bonds is 5. The van der Waals surface area contributed by atoms with Crippen molar-refractivity contribution in [3.05, 3.63) is 70.0 Å². The second kappa shape index (κ2) is 8.99. The standard InChI is InChI=1S/C26H29FN8O2/c1-26(2,3)20-12-21(35(33-20)16-8-6-7-15(27)10-16)31-25(37)30-19-11-17(19)18-9-14-13-29-24(28-4)32-22(14)34(5)23(18)36/h6-10,12-13,17,19H,11H2,1-5H3,(H,28,29,32)(H2,30,31,37). The first kappa shape index (κ1) is 24.4. The molecule has 0 radical (unpaired) electrons. The van der Waals surface area contributed by atoms with Crippen LogP contribution >= 0.6 is 0 Å². The van der Waals surface area contributed by atoms with E-state index in [1.165, 1.54) is 21.4 Å². The second-order valence-electron chi connectivity index (χ2n) is 10.3. The number of urea groups is 1. The molecule has 1 aromatic carbocycles. The van der Waals surface area contributed by atoms with Crippen LogP contribution in [0.25, 0.3) is 16.7 Å². The molecule has 10 nitrogen and oxygen atoms in total. The van der Waals surface area contributed by atoms with Crippen LogP contribution in [0.15, 0.2) is 47.4 Å². The zero-order valence-corrected chi connectivity index (χ0v) is 21.3. The van der Waals surface area contributed by atoms with E-state index < -0.39 is 11.8 Å². The van der Waals surface area contributed by atoms with Gasteiger partial charge in [-0.25, -0.2) is 18.9 Å². The minimum absolute atomic E-state index is 0.115. The van der Waals surface area contributed by atoms with E-state index in [0.29, 0.717) is 35.1 Å². The number of aromatic nitrogens is 5. The molecule has 1 saturated carbocycles. The molecule has 0 bridgehead atoms. The number of hydrogen-bond acceptors (Lipinski definition) is 6. The van der Waals surface area contributed by atoms with Gasteiger partial charge >= 0.3 is 6.03 Å². The Morgan fingerprint density at radius 1 is 1.19 bits per heavy atom. The van der Waals surface area contributed by atoms with Gasteiger partial charge in [0.2, 0.25) is 5.95 Å². The molecule has 2 unspecified atom stereocenters. The van der Waals surface area contributed by atoms with Gasteiger partial charge in [-0.2, -0.15) is 10.1 Å². The average Bonchev–Trinajstić information content (AvgIpc) is 3.46. The average molecular weight is 505 g/mol. The molecule has 11 heteroatoms. The van der Waals surface area contributed by atoms with Crippen molar-refractivity contribution in [2.45, 2.75) is 44.6 Å². The highest BCUT2D eigenvalue weighted by molar-refractivity contribution is 5.89. The minimum atomic E-state index is -0.426. The van der Waals surface area contributed by atoms with Crippen LogP contribution in [0.4, 0.5) is 21.0 Å². The molecule has 0 saturated heterocycles. The van der Waals surface area contributed by atoms with Crippen LogP contribution in [0.2, 0.25) is 0 Å². The Morgan fingerprint density at radius 2 is 1.97 bits per heavy atom. The summed E-state index contributed by atoms with van der Waals surface area (Å²) < 4.78 is 16.9. The zero-order chi connectivity index (χ0) is 26.5. The summed E-state index contributed by atoms with van der Waals surface area (Å²) in [5, 5.41) is 14.0. The quantitative estimate of drug-likeness (QED) is 0.382. The topological polar surface area (TPSA) is 119 Å². The number of amides is 2. The minimum Gasteiger partial charge on any atom is -0.357 e. The van der Waals surface area contributed by atoms with E-state index in [0.717, 1.165) is 11.1 Å². The van der Waals surface area contributed by atoms with Gasteiger partial charge in [-0.3, -0.25) is 14.7 Å². The number of nitrogens with one attached hydrogen (secondary N) is 3. The Kier molecular flexibility index (Phi) is 5.93. The molecule has 37 heavy (non-hydrogen) atoms. The first-order valence-electron chi connectivity index (χ1n) is 12.0. The van der Waals surface area contributed by atoms with E-state index in [-0.39, 0.29) is 22.9 Å². The van der Waals surface area contributed by atoms with Crippen LogP contribution in [0.3, 0.4) is 0 Å². The van der Waals surface area contributed by atoms with Gasteiger partial charge < -0.3 is 10.6 Å². The summed E-state index contributed by atoms with van der Waals surface area (Å²) in [6.07, 6.45) is 2.31. The van der Waals surface area contributed by atoms with Gasteiger partial charge in [0.1, 0.15) is 17.3 Å². The molecule has 0 spiro atoms. The molecule has 2 atom stereocenters. The van der Waals surface area contributed by atoms with Gasteiger partial charge in [0, 0.05) is 54.7 Å². The molecule has 0 aliphatic heterocycles. The fourth-order valence-corrected chi connectivity index (χ4v) is 4.32. The molecule has 4 aromatic rings. The van der Waals surface area contributed by atoms with Gasteiger partial charge in [-0.15, -0.1) is 0 Å². The van der Waals surface area contributed by atoms with Crippen LogP contribution in [0.1, 0.15) is 44.4 Å². The molecule has 192 valence electrons. The van der Waals surface area contributed by atoms with Gasteiger partial charge in [-0.1, -0.05) is 26.8 Å². The maximum atomic E-state index is 13.9. The summed E-state index contributed by atoms with van der Waals surface area (Å²) in [6, 6.07) is 8.99. The van der Waals surface area contributed by atoms with Crippen LogP contribution < -0.4 is 21.5 Å². The Bertz CT molecular complexity index is 1570. The fourth-order valence-electron chi connectivity index (χ4n) is 4.32. The van der Waals surface area contributed by atoms with Crippen LogP contribution in [0, 0.1) is 5.82 Å². The lowest BCUT2D eigenvalue weighted by Gasteiger charge is -2.14. The number of benzene rings is 1. The summed E-state index contributed by atoms with van der Waals surface area (Å²) in [6.45, 7) is 6.04. The highest BCUT2D eigenvalue weighted by Crippen LogP contribution is 2.40. The van der Waals surface area contributed by atoms with Crippen molar-refractivity contribution in [2.75, 3.05) is 17.7 Å². The van der Waals surface area contributed by atoms with Gasteiger partial charge in [0.05, 0.1) is 11.4 Å². The third kappa shape index (κ3) is 4.76. The molecular formula is C26H29FN8O2. The SMILES string of the molecule is CNc1ncc2cc(C3CC3NC(=O)Nc3cc(C(C)(C)C)nn3-c3cccc(F)c3)c(=O)n(C)c2n1. The van der Waals surface area contributed by atoms with Crippen molar-refractivity contribution in [2.24, 2.45) is 7.05 Å². The Morgan fingerprint density at radius 3 is 2.68 bits per heavy atom. The van der Waals surface area contributed by atoms with Crippen molar-refractivity contribution < 1.29 is 9.18 Å². The lowest BCUT2D eigenvalue weighted by molar-refractivity contribution is 0.251. The van der Waals surface area contributed by atoms with Gasteiger partial charge in [-0.05, 0) is 30.7 Å². The predicted molar refractivity (Wildman–Crippen MR) is 140 cm³/mol. The van der Waals surface area contributed by atoms with Crippen molar-refractivity contribution in [1.82, 2.24) is 29.6 Å². The lowest BCUT2D eigenvalue weighted by Crippen LogP contribution is -2.33. The van der Waals surface area contributed by atoms with Crippen molar-refractivity contribution in [1.29, 1.82) is 0 Å². The first-order chi connectivity index (χ1) is 17.5. The molecule has 1 aliphatic carbocycles. The summed E-state index contributed by atoms with van der Waals surface area (Å²) in [5.41, 5.74) is 1.97. The van der Waals surface area contributed by atoms with E-state index in [9.17, 15) is 14.0 Å². The monoisotopic (exact) mass is 504 g/mol. The maximum absolute atomic E-state index is 13.9. The van der Waals surface area contributed by atoms with E-state index in [2.05, 4.69) is 31.0 Å². The number of nitrogens with zero attached hydrogens (tertiary/aromatic N) is 5. The van der Waals surface area contributed by atoms with Crippen molar-refractivity contribution in [3.8, 4) is 5.69 Å². The Hall–Kier alpha value is -4.28. The number of carbonyl (C=O) groups excluding carboxylic acids is 1. The number of halogens is 1. The first-order valence-corrected chi connectivity index (χ1v) is 12.0. The van der Waals surface area contributed by atoms with Crippen LogP contribution in [-0.4, -0.2) is 43.4 Å². The molecule has 2 amide bonds. The Balaban J connectivity index is 1.35. The van der Waals surface area contributed by atoms with E-state index in [4.69, 9.17) is 0 Å². The molecule has 5 rings (SSSR count). The normalized spacial score (nSPS) is 17.0. The third-order valence-electron chi connectivity index (χ3n) is 6.48.